The minimum atomic E-state index is -1.15. The topological polar surface area (TPSA) is 105 Å². The van der Waals surface area contributed by atoms with Crippen LogP contribution in [0, 0.1) is 0 Å². The number of nitrogens with one attached hydrogen (secondary N) is 2. The van der Waals surface area contributed by atoms with Crippen molar-refractivity contribution in [3.05, 3.63) is 0 Å². The number of carbonyl (C=O) groups excluding carboxylic acids is 2. The maximum atomic E-state index is 11.7. The van der Waals surface area contributed by atoms with Crippen LogP contribution in [0.15, 0.2) is 0 Å². The molecule has 0 aromatic carbocycles. The highest BCUT2D eigenvalue weighted by molar-refractivity contribution is 5.87. The van der Waals surface area contributed by atoms with Crippen LogP contribution in [-0.2, 0) is 19.1 Å². The normalized spacial score (nSPS) is 20.2. The number of rotatable bonds is 6. The molecule has 7 heteroatoms. The Hall–Kier alpha value is -1.63. The molecule has 1 unspecified atom stereocenters. The molecule has 102 valence electrons. The van der Waals surface area contributed by atoms with Gasteiger partial charge in [0.05, 0.1) is 13.2 Å². The van der Waals surface area contributed by atoms with Crippen LogP contribution in [-0.4, -0.2) is 48.7 Å². The molecule has 2 atom stereocenters. The van der Waals surface area contributed by atoms with Gasteiger partial charge in [-0.1, -0.05) is 0 Å². The van der Waals surface area contributed by atoms with Crippen molar-refractivity contribution in [3.8, 4) is 0 Å². The molecule has 0 spiro atoms. The van der Waals surface area contributed by atoms with Gasteiger partial charge in [0.1, 0.15) is 6.04 Å². The smallest absolute Gasteiger partial charge is 0.326 e. The third kappa shape index (κ3) is 4.33. The summed E-state index contributed by atoms with van der Waals surface area (Å²) in [4.78, 5) is 33.6. The molecule has 0 radical (unpaired) electrons. The van der Waals surface area contributed by atoms with Gasteiger partial charge in [-0.05, 0) is 25.8 Å². The molecule has 18 heavy (non-hydrogen) atoms. The van der Waals surface area contributed by atoms with Gasteiger partial charge in [0, 0.05) is 6.42 Å². The molecule has 1 aliphatic rings. The number of amides is 1. The van der Waals surface area contributed by atoms with Gasteiger partial charge in [0.2, 0.25) is 5.91 Å². The third-order valence-corrected chi connectivity index (χ3v) is 2.86. The maximum absolute atomic E-state index is 11.7. The van der Waals surface area contributed by atoms with E-state index in [2.05, 4.69) is 15.4 Å². The molecule has 1 heterocycles. The molecule has 1 fully saturated rings. The second kappa shape index (κ2) is 6.95. The Morgan fingerprint density at radius 1 is 1.50 bits per heavy atom. The van der Waals surface area contributed by atoms with Gasteiger partial charge in [-0.2, -0.15) is 0 Å². The van der Waals surface area contributed by atoms with Gasteiger partial charge < -0.3 is 20.5 Å². The van der Waals surface area contributed by atoms with E-state index in [9.17, 15) is 14.4 Å². The molecule has 1 rings (SSSR count). The molecule has 7 nitrogen and oxygen atoms in total. The number of hydrogen-bond donors (Lipinski definition) is 3. The quantitative estimate of drug-likeness (QED) is 0.542. The first kappa shape index (κ1) is 14.4. The lowest BCUT2D eigenvalue weighted by atomic mass is 10.1. The summed E-state index contributed by atoms with van der Waals surface area (Å²) in [6.07, 6.45) is 1.60. The van der Waals surface area contributed by atoms with Crippen LogP contribution in [0.1, 0.15) is 25.7 Å². The molecule has 1 amide bonds. The molecule has 1 aliphatic heterocycles. The van der Waals surface area contributed by atoms with E-state index in [0.717, 1.165) is 13.0 Å². The average molecular weight is 258 g/mol. The lowest BCUT2D eigenvalue weighted by Crippen LogP contribution is -2.48. The van der Waals surface area contributed by atoms with Crippen molar-refractivity contribution in [2.75, 3.05) is 13.7 Å². The lowest BCUT2D eigenvalue weighted by molar-refractivity contribution is -0.144. The molecule has 0 aromatic heterocycles. The first-order valence-corrected chi connectivity index (χ1v) is 5.88. The fraction of sp³-hybridized carbons (Fsp3) is 0.727. The maximum Gasteiger partial charge on any atom is 0.326 e. The van der Waals surface area contributed by atoms with Gasteiger partial charge in [0.15, 0.2) is 0 Å². The summed E-state index contributed by atoms with van der Waals surface area (Å²) in [6, 6.07) is -1.39. The molecule has 1 saturated heterocycles. The van der Waals surface area contributed by atoms with Crippen LogP contribution >= 0.6 is 0 Å². The Morgan fingerprint density at radius 3 is 2.72 bits per heavy atom. The number of carboxylic acids is 1. The molecule has 0 aliphatic carbocycles. The predicted molar refractivity (Wildman–Crippen MR) is 61.8 cm³/mol. The van der Waals surface area contributed by atoms with Crippen LogP contribution in [0.5, 0.6) is 0 Å². The number of ether oxygens (including phenoxy) is 1. The zero-order valence-corrected chi connectivity index (χ0v) is 10.3. The second-order valence-electron chi connectivity index (χ2n) is 4.16. The van der Waals surface area contributed by atoms with Crippen molar-refractivity contribution in [2.45, 2.75) is 37.8 Å². The summed E-state index contributed by atoms with van der Waals surface area (Å²) >= 11 is 0. The number of hydrogen-bond acceptors (Lipinski definition) is 5. The van der Waals surface area contributed by atoms with Crippen molar-refractivity contribution in [1.29, 1.82) is 0 Å². The van der Waals surface area contributed by atoms with Crippen molar-refractivity contribution >= 4 is 17.8 Å². The van der Waals surface area contributed by atoms with E-state index < -0.39 is 18.0 Å². The van der Waals surface area contributed by atoms with E-state index in [-0.39, 0.29) is 24.8 Å². The number of methoxy groups -OCH3 is 1. The monoisotopic (exact) mass is 258 g/mol. The third-order valence-electron chi connectivity index (χ3n) is 2.86. The fourth-order valence-electron chi connectivity index (χ4n) is 1.80. The van der Waals surface area contributed by atoms with E-state index in [1.165, 1.54) is 7.11 Å². The largest absolute Gasteiger partial charge is 0.480 e. The van der Waals surface area contributed by atoms with Gasteiger partial charge in [-0.25, -0.2) is 4.79 Å². The van der Waals surface area contributed by atoms with Crippen LogP contribution < -0.4 is 10.6 Å². The Balaban J connectivity index is 2.44. The first-order chi connectivity index (χ1) is 8.54. The molecular weight excluding hydrogens is 240 g/mol. The van der Waals surface area contributed by atoms with Crippen LogP contribution in [0.3, 0.4) is 0 Å². The van der Waals surface area contributed by atoms with Crippen LogP contribution in [0.25, 0.3) is 0 Å². The Kier molecular flexibility index (Phi) is 5.57. The average Bonchev–Trinajstić information content (AvgIpc) is 2.87. The predicted octanol–water partition coefficient (Wildman–Crippen LogP) is -0.739. The zero-order chi connectivity index (χ0) is 13.5. The van der Waals surface area contributed by atoms with Gasteiger partial charge in [0.25, 0.3) is 0 Å². The molecule has 0 saturated carbocycles. The van der Waals surface area contributed by atoms with Crippen molar-refractivity contribution < 1.29 is 24.2 Å². The summed E-state index contributed by atoms with van der Waals surface area (Å²) in [5, 5.41) is 14.4. The highest BCUT2D eigenvalue weighted by atomic mass is 16.5. The highest BCUT2D eigenvalue weighted by Gasteiger charge is 2.27. The molecule has 0 bridgehead atoms. The summed E-state index contributed by atoms with van der Waals surface area (Å²) in [6.45, 7) is 0.762. The number of aliphatic carboxylic acids is 1. The van der Waals surface area contributed by atoms with Crippen LogP contribution in [0.2, 0.25) is 0 Å². The molecule has 3 N–H and O–H groups in total. The van der Waals surface area contributed by atoms with Gasteiger partial charge in [-0.3, -0.25) is 9.59 Å². The molecule has 0 aromatic rings. The van der Waals surface area contributed by atoms with Gasteiger partial charge in [-0.15, -0.1) is 0 Å². The van der Waals surface area contributed by atoms with E-state index in [1.807, 2.05) is 0 Å². The minimum absolute atomic E-state index is 0.0282. The summed E-state index contributed by atoms with van der Waals surface area (Å²) in [5.74, 6) is -1.97. The van der Waals surface area contributed by atoms with Crippen molar-refractivity contribution in [2.24, 2.45) is 0 Å². The Bertz CT molecular complexity index is 325. The van der Waals surface area contributed by atoms with E-state index in [0.29, 0.717) is 6.42 Å². The van der Waals surface area contributed by atoms with E-state index in [4.69, 9.17) is 5.11 Å². The van der Waals surface area contributed by atoms with Crippen LogP contribution in [0.4, 0.5) is 0 Å². The van der Waals surface area contributed by atoms with Crippen molar-refractivity contribution in [3.63, 3.8) is 0 Å². The lowest BCUT2D eigenvalue weighted by Gasteiger charge is -2.17. The van der Waals surface area contributed by atoms with E-state index >= 15 is 0 Å². The van der Waals surface area contributed by atoms with Gasteiger partial charge >= 0.3 is 11.9 Å². The Labute approximate surface area is 105 Å². The van der Waals surface area contributed by atoms with Crippen molar-refractivity contribution in [1.82, 2.24) is 10.6 Å². The zero-order valence-electron chi connectivity index (χ0n) is 10.3. The van der Waals surface area contributed by atoms with E-state index in [1.54, 1.807) is 0 Å². The summed E-state index contributed by atoms with van der Waals surface area (Å²) in [5.41, 5.74) is 0. The SMILES string of the molecule is COC(=O)CCC(NC(=O)[C@@H]1CCCN1)C(=O)O. The standard InChI is InChI=1S/C11H18N2O5/c1-18-9(14)5-4-8(11(16)17)13-10(15)7-3-2-6-12-7/h7-8,12H,2-6H2,1H3,(H,13,15)(H,16,17)/t7-,8?/m0/s1. The summed E-state index contributed by atoms with van der Waals surface area (Å²) < 4.78 is 4.43. The highest BCUT2D eigenvalue weighted by Crippen LogP contribution is 2.06. The molecular formula is C11H18N2O5. The second-order valence-corrected chi connectivity index (χ2v) is 4.16. The minimum Gasteiger partial charge on any atom is -0.480 e. The number of esters is 1. The fourth-order valence-corrected chi connectivity index (χ4v) is 1.80. The number of carbonyl (C=O) groups is 3. The summed E-state index contributed by atoms with van der Waals surface area (Å²) in [7, 11) is 1.24. The Morgan fingerprint density at radius 2 is 2.22 bits per heavy atom. The number of carboxylic acid groups (broad SMARTS) is 1. The first-order valence-electron chi connectivity index (χ1n) is 5.88.